The van der Waals surface area contributed by atoms with Crippen molar-refractivity contribution in [3.8, 4) is 11.5 Å². The first kappa shape index (κ1) is 7.16. The van der Waals surface area contributed by atoms with Gasteiger partial charge in [0.25, 0.3) is 0 Å². The molecule has 0 bridgehead atoms. The predicted octanol–water partition coefficient (Wildman–Crippen LogP) is 1.72. The Hall–Kier alpha value is -1.51. The van der Waals surface area contributed by atoms with Crippen molar-refractivity contribution in [3.05, 3.63) is 23.3 Å². The molecule has 1 aliphatic rings. The van der Waals surface area contributed by atoms with Gasteiger partial charge in [-0.3, -0.25) is 0 Å². The lowest BCUT2D eigenvalue weighted by atomic mass is 10.1. The summed E-state index contributed by atoms with van der Waals surface area (Å²) in [6.07, 6.45) is 1.29. The van der Waals surface area contributed by atoms with Crippen LogP contribution in [0.25, 0.3) is 0 Å². The fourth-order valence-electron chi connectivity index (χ4n) is 1.27. The SMILES string of the molecule is Cc1ccc2c(c1C=N)OCO2. The van der Waals surface area contributed by atoms with Gasteiger partial charge in [0, 0.05) is 11.8 Å². The molecule has 3 nitrogen and oxygen atoms in total. The lowest BCUT2D eigenvalue weighted by Crippen LogP contribution is -1.94. The van der Waals surface area contributed by atoms with Crippen molar-refractivity contribution < 1.29 is 9.47 Å². The lowest BCUT2D eigenvalue weighted by molar-refractivity contribution is 0.174. The number of fused-ring (bicyclic) bond motifs is 1. The minimum Gasteiger partial charge on any atom is -0.454 e. The van der Waals surface area contributed by atoms with E-state index in [1.165, 1.54) is 6.21 Å². The number of aryl methyl sites for hydroxylation is 1. The van der Waals surface area contributed by atoms with Gasteiger partial charge in [-0.25, -0.2) is 0 Å². The maximum absolute atomic E-state index is 7.19. The van der Waals surface area contributed by atoms with Gasteiger partial charge in [0.05, 0.1) is 0 Å². The van der Waals surface area contributed by atoms with Gasteiger partial charge in [0.2, 0.25) is 6.79 Å². The third kappa shape index (κ3) is 0.863. The minimum absolute atomic E-state index is 0.264. The topological polar surface area (TPSA) is 42.3 Å². The average Bonchev–Trinajstić information content (AvgIpc) is 2.52. The summed E-state index contributed by atoms with van der Waals surface area (Å²) in [7, 11) is 0. The Balaban J connectivity index is 2.65. The highest BCUT2D eigenvalue weighted by Gasteiger charge is 2.17. The van der Waals surface area contributed by atoms with Crippen molar-refractivity contribution >= 4 is 6.21 Å². The molecule has 1 aromatic carbocycles. The first-order valence-electron chi connectivity index (χ1n) is 3.72. The van der Waals surface area contributed by atoms with Gasteiger partial charge < -0.3 is 14.9 Å². The number of rotatable bonds is 1. The van der Waals surface area contributed by atoms with Gasteiger partial charge in [-0.2, -0.15) is 0 Å². The molecule has 0 fully saturated rings. The third-order valence-corrected chi connectivity index (χ3v) is 1.94. The van der Waals surface area contributed by atoms with E-state index in [4.69, 9.17) is 14.9 Å². The first-order chi connectivity index (χ1) is 5.83. The molecule has 0 unspecified atom stereocenters. The highest BCUT2D eigenvalue weighted by Crippen LogP contribution is 2.36. The molecule has 0 aromatic heterocycles. The van der Waals surface area contributed by atoms with Crippen molar-refractivity contribution in [1.82, 2.24) is 0 Å². The number of hydrogen-bond donors (Lipinski definition) is 1. The summed E-state index contributed by atoms with van der Waals surface area (Å²) in [5, 5.41) is 7.19. The summed E-state index contributed by atoms with van der Waals surface area (Å²) in [4.78, 5) is 0. The molecular weight excluding hydrogens is 154 g/mol. The number of benzene rings is 1. The zero-order valence-electron chi connectivity index (χ0n) is 6.76. The van der Waals surface area contributed by atoms with Crippen molar-refractivity contribution in [2.75, 3.05) is 6.79 Å². The van der Waals surface area contributed by atoms with Crippen LogP contribution < -0.4 is 9.47 Å². The molecule has 0 aliphatic carbocycles. The van der Waals surface area contributed by atoms with Crippen molar-refractivity contribution in [2.45, 2.75) is 6.92 Å². The zero-order valence-corrected chi connectivity index (χ0v) is 6.76. The van der Waals surface area contributed by atoms with E-state index in [0.717, 1.165) is 16.9 Å². The van der Waals surface area contributed by atoms with E-state index in [-0.39, 0.29) is 6.79 Å². The minimum atomic E-state index is 0.264. The van der Waals surface area contributed by atoms with Gasteiger partial charge in [-0.05, 0) is 18.6 Å². The van der Waals surface area contributed by atoms with Crippen molar-refractivity contribution in [1.29, 1.82) is 5.41 Å². The lowest BCUT2D eigenvalue weighted by Gasteiger charge is -2.02. The van der Waals surface area contributed by atoms with Crippen LogP contribution in [-0.2, 0) is 0 Å². The molecule has 0 atom stereocenters. The quantitative estimate of drug-likeness (QED) is 0.640. The Bertz CT molecular complexity index is 334. The summed E-state index contributed by atoms with van der Waals surface area (Å²) in [5.41, 5.74) is 1.85. The molecule has 0 saturated heterocycles. The second kappa shape index (κ2) is 2.52. The van der Waals surface area contributed by atoms with Crippen LogP contribution in [0, 0.1) is 12.3 Å². The van der Waals surface area contributed by atoms with Crippen LogP contribution in [-0.4, -0.2) is 13.0 Å². The molecular formula is C9H9NO2. The van der Waals surface area contributed by atoms with Crippen LogP contribution in [0.2, 0.25) is 0 Å². The average molecular weight is 163 g/mol. The van der Waals surface area contributed by atoms with E-state index in [9.17, 15) is 0 Å². The van der Waals surface area contributed by atoms with E-state index in [0.29, 0.717) is 5.75 Å². The summed E-state index contributed by atoms with van der Waals surface area (Å²) in [6.45, 7) is 2.21. The number of ether oxygens (including phenoxy) is 2. The van der Waals surface area contributed by atoms with E-state index < -0.39 is 0 Å². The van der Waals surface area contributed by atoms with Crippen LogP contribution in [0.5, 0.6) is 11.5 Å². The van der Waals surface area contributed by atoms with E-state index >= 15 is 0 Å². The fraction of sp³-hybridized carbons (Fsp3) is 0.222. The van der Waals surface area contributed by atoms with Gasteiger partial charge in [-0.15, -0.1) is 0 Å². The van der Waals surface area contributed by atoms with Crippen LogP contribution in [0.15, 0.2) is 12.1 Å². The maximum atomic E-state index is 7.19. The second-order valence-corrected chi connectivity index (χ2v) is 2.67. The summed E-state index contributed by atoms with van der Waals surface area (Å²) < 4.78 is 10.4. The van der Waals surface area contributed by atoms with Gasteiger partial charge in [0.15, 0.2) is 11.5 Å². The van der Waals surface area contributed by atoms with Crippen LogP contribution >= 0.6 is 0 Å². The molecule has 12 heavy (non-hydrogen) atoms. The fourth-order valence-corrected chi connectivity index (χ4v) is 1.27. The molecule has 62 valence electrons. The van der Waals surface area contributed by atoms with Crippen LogP contribution in [0.1, 0.15) is 11.1 Å². The van der Waals surface area contributed by atoms with E-state index in [2.05, 4.69) is 0 Å². The third-order valence-electron chi connectivity index (χ3n) is 1.94. The molecule has 1 N–H and O–H groups in total. The van der Waals surface area contributed by atoms with Gasteiger partial charge >= 0.3 is 0 Å². The Kier molecular flexibility index (Phi) is 1.50. The van der Waals surface area contributed by atoms with E-state index in [1.807, 2.05) is 19.1 Å². The normalized spacial score (nSPS) is 13.1. The molecule has 1 aromatic rings. The first-order valence-corrected chi connectivity index (χ1v) is 3.72. The molecule has 1 aliphatic heterocycles. The Labute approximate surface area is 70.4 Å². The molecule has 0 saturated carbocycles. The molecule has 3 heteroatoms. The maximum Gasteiger partial charge on any atom is 0.231 e. The van der Waals surface area contributed by atoms with Crippen LogP contribution in [0.3, 0.4) is 0 Å². The smallest absolute Gasteiger partial charge is 0.231 e. The second-order valence-electron chi connectivity index (χ2n) is 2.67. The number of nitrogens with one attached hydrogen (secondary N) is 1. The van der Waals surface area contributed by atoms with Crippen molar-refractivity contribution in [2.24, 2.45) is 0 Å². The highest BCUT2D eigenvalue weighted by atomic mass is 16.7. The molecule has 0 radical (unpaired) electrons. The summed E-state index contributed by atoms with van der Waals surface area (Å²) in [5.74, 6) is 1.43. The van der Waals surface area contributed by atoms with Gasteiger partial charge in [0.1, 0.15) is 0 Å². The zero-order chi connectivity index (χ0) is 8.55. The Morgan fingerprint density at radius 1 is 1.42 bits per heavy atom. The highest BCUT2D eigenvalue weighted by molar-refractivity contribution is 5.85. The molecule has 1 heterocycles. The van der Waals surface area contributed by atoms with E-state index in [1.54, 1.807) is 0 Å². The molecule has 0 spiro atoms. The predicted molar refractivity (Wildman–Crippen MR) is 45.2 cm³/mol. The molecule has 2 rings (SSSR count). The monoisotopic (exact) mass is 163 g/mol. The Morgan fingerprint density at radius 3 is 3.00 bits per heavy atom. The largest absolute Gasteiger partial charge is 0.454 e. The van der Waals surface area contributed by atoms with Crippen molar-refractivity contribution in [3.63, 3.8) is 0 Å². The Morgan fingerprint density at radius 2 is 2.25 bits per heavy atom. The number of hydrogen-bond acceptors (Lipinski definition) is 3. The van der Waals surface area contributed by atoms with Crippen LogP contribution in [0.4, 0.5) is 0 Å². The summed E-state index contributed by atoms with van der Waals surface area (Å²) in [6, 6.07) is 3.79. The van der Waals surface area contributed by atoms with Gasteiger partial charge in [-0.1, -0.05) is 6.07 Å². The standard InChI is InChI=1S/C9H9NO2/c1-6-2-3-8-9(7(6)4-10)12-5-11-8/h2-4,10H,5H2,1H3. The summed E-state index contributed by atoms with van der Waals surface area (Å²) >= 11 is 0. The molecule has 0 amide bonds.